The molecule has 1 unspecified atom stereocenters. The van der Waals surface area contributed by atoms with E-state index in [9.17, 15) is 8.42 Å². The molecule has 33 heavy (non-hydrogen) atoms. The lowest BCUT2D eigenvalue weighted by molar-refractivity contribution is 0.568. The van der Waals surface area contributed by atoms with E-state index in [-0.39, 0.29) is 4.90 Å². The lowest BCUT2D eigenvalue weighted by Crippen LogP contribution is -2.31. The van der Waals surface area contributed by atoms with Crippen LogP contribution in [0.4, 0.5) is 0 Å². The first kappa shape index (κ1) is 21.1. The van der Waals surface area contributed by atoms with Gasteiger partial charge in [-0.2, -0.15) is 4.72 Å². The minimum absolute atomic E-state index is 0.231. The maximum absolute atomic E-state index is 13.4. The Kier molecular flexibility index (Phi) is 5.54. The molecule has 0 radical (unpaired) electrons. The Morgan fingerprint density at radius 1 is 0.818 bits per heavy atom. The van der Waals surface area contributed by atoms with Crippen molar-refractivity contribution >= 4 is 20.9 Å². The molecule has 0 aliphatic rings. The molecule has 1 atom stereocenters. The highest BCUT2D eigenvalue weighted by Crippen LogP contribution is 2.32. The second kappa shape index (κ2) is 8.65. The lowest BCUT2D eigenvalue weighted by Gasteiger charge is -2.22. The van der Waals surface area contributed by atoms with Crippen molar-refractivity contribution in [3.8, 4) is 5.82 Å². The van der Waals surface area contributed by atoms with Crippen LogP contribution in [0.2, 0.25) is 0 Å². The van der Waals surface area contributed by atoms with Crippen LogP contribution >= 0.6 is 0 Å². The molecule has 3 aromatic carbocycles. The molecule has 1 N–H and O–H groups in total. The second-order valence-electron chi connectivity index (χ2n) is 7.93. The van der Waals surface area contributed by atoms with E-state index >= 15 is 0 Å². The number of nitrogens with zero attached hydrogens (tertiary/aromatic N) is 2. The Hall–Kier alpha value is -3.74. The van der Waals surface area contributed by atoms with Crippen LogP contribution in [0.25, 0.3) is 16.7 Å². The zero-order chi connectivity index (χ0) is 22.8. The van der Waals surface area contributed by atoms with Crippen LogP contribution in [0.5, 0.6) is 0 Å². The largest absolute Gasteiger partial charge is 0.296 e. The monoisotopic (exact) mass is 453 g/mol. The summed E-state index contributed by atoms with van der Waals surface area (Å²) in [4.78, 5) is 4.79. The summed E-state index contributed by atoms with van der Waals surface area (Å²) in [6.07, 6.45) is 1.74. The molecule has 6 heteroatoms. The van der Waals surface area contributed by atoms with Crippen LogP contribution < -0.4 is 4.72 Å². The van der Waals surface area contributed by atoms with Gasteiger partial charge < -0.3 is 0 Å². The summed E-state index contributed by atoms with van der Waals surface area (Å²) in [5, 5.41) is 1.01. The molecule has 5 nitrogen and oxygen atoms in total. The third kappa shape index (κ3) is 4.18. The number of aromatic nitrogens is 2. The average Bonchev–Trinajstić information content (AvgIpc) is 3.23. The number of hydrogen-bond acceptors (Lipinski definition) is 3. The van der Waals surface area contributed by atoms with Crippen molar-refractivity contribution in [3.05, 3.63) is 126 Å². The number of rotatable bonds is 6. The third-order valence-corrected chi connectivity index (χ3v) is 7.09. The number of para-hydroxylation sites is 1. The van der Waals surface area contributed by atoms with E-state index in [1.165, 1.54) is 0 Å². The Bertz CT molecular complexity index is 1490. The van der Waals surface area contributed by atoms with Crippen molar-refractivity contribution in [2.75, 3.05) is 0 Å². The first-order valence-electron chi connectivity index (χ1n) is 10.7. The van der Waals surface area contributed by atoms with Gasteiger partial charge in [0, 0.05) is 17.3 Å². The third-order valence-electron chi connectivity index (χ3n) is 5.65. The van der Waals surface area contributed by atoms with Gasteiger partial charge in [-0.3, -0.25) is 4.57 Å². The number of sulfonamides is 1. The molecule has 0 aliphatic heterocycles. The fourth-order valence-electron chi connectivity index (χ4n) is 4.02. The van der Waals surface area contributed by atoms with Crippen LogP contribution in [-0.2, 0) is 10.0 Å². The van der Waals surface area contributed by atoms with E-state index in [4.69, 9.17) is 0 Å². The molecule has 0 spiro atoms. The van der Waals surface area contributed by atoms with Gasteiger partial charge in [0.2, 0.25) is 10.0 Å². The van der Waals surface area contributed by atoms with E-state index in [0.29, 0.717) is 0 Å². The number of benzene rings is 3. The fraction of sp³-hybridized carbons (Fsp3) is 0.0741. The second-order valence-corrected chi connectivity index (χ2v) is 9.64. The lowest BCUT2D eigenvalue weighted by atomic mass is 10.0. The van der Waals surface area contributed by atoms with Crippen LogP contribution in [-0.4, -0.2) is 18.0 Å². The summed E-state index contributed by atoms with van der Waals surface area (Å²) in [5.74, 6) is 0.726. The molecule has 0 saturated carbocycles. The van der Waals surface area contributed by atoms with Crippen LogP contribution in [0.15, 0.2) is 114 Å². The van der Waals surface area contributed by atoms with E-state index in [0.717, 1.165) is 33.5 Å². The van der Waals surface area contributed by atoms with Crippen molar-refractivity contribution in [3.63, 3.8) is 0 Å². The minimum Gasteiger partial charge on any atom is -0.296 e. The van der Waals surface area contributed by atoms with Gasteiger partial charge in [-0.1, -0.05) is 72.3 Å². The summed E-state index contributed by atoms with van der Waals surface area (Å²) >= 11 is 0. The number of nitrogens with one attached hydrogen (secondary N) is 1. The van der Waals surface area contributed by atoms with E-state index < -0.39 is 16.1 Å². The summed E-state index contributed by atoms with van der Waals surface area (Å²) in [6, 6.07) is 31.6. The summed E-state index contributed by atoms with van der Waals surface area (Å²) in [7, 11) is -3.79. The molecule has 0 bridgehead atoms. The minimum atomic E-state index is -3.79. The number of aryl methyl sites for hydroxylation is 1. The molecule has 0 saturated heterocycles. The first-order chi connectivity index (χ1) is 16.0. The summed E-state index contributed by atoms with van der Waals surface area (Å²) in [6.45, 7) is 1.93. The van der Waals surface area contributed by atoms with Crippen LogP contribution in [0, 0.1) is 6.92 Å². The van der Waals surface area contributed by atoms with Gasteiger partial charge in [0.15, 0.2) is 0 Å². The zero-order valence-corrected chi connectivity index (χ0v) is 18.9. The quantitative estimate of drug-likeness (QED) is 0.374. The normalized spacial score (nSPS) is 12.6. The van der Waals surface area contributed by atoms with Gasteiger partial charge in [0.05, 0.1) is 16.5 Å². The summed E-state index contributed by atoms with van der Waals surface area (Å²) in [5.41, 5.74) is 3.59. The standard InChI is InChI=1S/C27H23N3O2S/c1-20-14-16-23(17-15-20)33(31,32)29-27(21-9-3-2-4-10-21)25-19-22-11-5-6-12-24(22)30(25)26-13-7-8-18-28-26/h2-19,27,29H,1H3. The molecule has 5 aromatic rings. The van der Waals surface area contributed by atoms with Crippen molar-refractivity contribution in [1.29, 1.82) is 0 Å². The van der Waals surface area contributed by atoms with Gasteiger partial charge in [-0.15, -0.1) is 0 Å². The SMILES string of the molecule is Cc1ccc(S(=O)(=O)NC(c2ccccc2)c2cc3ccccc3n2-c2ccccn2)cc1. The Morgan fingerprint density at radius 2 is 1.52 bits per heavy atom. The van der Waals surface area contributed by atoms with Crippen LogP contribution in [0.1, 0.15) is 22.9 Å². The van der Waals surface area contributed by atoms with Crippen molar-refractivity contribution in [2.24, 2.45) is 0 Å². The van der Waals surface area contributed by atoms with Crippen molar-refractivity contribution in [2.45, 2.75) is 17.9 Å². The summed E-state index contributed by atoms with van der Waals surface area (Å²) < 4.78 is 31.8. The Balaban J connectivity index is 1.71. The van der Waals surface area contributed by atoms with E-state index in [2.05, 4.69) is 9.71 Å². The molecule has 0 amide bonds. The highest BCUT2D eigenvalue weighted by atomic mass is 32.2. The van der Waals surface area contributed by atoms with Crippen molar-refractivity contribution < 1.29 is 8.42 Å². The Morgan fingerprint density at radius 3 is 2.24 bits per heavy atom. The smallest absolute Gasteiger partial charge is 0.241 e. The highest BCUT2D eigenvalue weighted by molar-refractivity contribution is 7.89. The van der Waals surface area contributed by atoms with Gasteiger partial charge in [-0.25, -0.2) is 13.4 Å². The zero-order valence-electron chi connectivity index (χ0n) is 18.1. The Labute approximate surface area is 193 Å². The molecular weight excluding hydrogens is 430 g/mol. The first-order valence-corrected chi connectivity index (χ1v) is 12.2. The number of pyridine rings is 1. The molecule has 0 aliphatic carbocycles. The molecule has 164 valence electrons. The van der Waals surface area contributed by atoms with Gasteiger partial charge in [-0.05, 0) is 48.9 Å². The molecule has 2 aromatic heterocycles. The topological polar surface area (TPSA) is 64.0 Å². The maximum atomic E-state index is 13.4. The molecule has 0 fully saturated rings. The average molecular weight is 454 g/mol. The van der Waals surface area contributed by atoms with Gasteiger partial charge in [0.1, 0.15) is 5.82 Å². The molecular formula is C27H23N3O2S. The van der Waals surface area contributed by atoms with Gasteiger partial charge in [0.25, 0.3) is 0 Å². The predicted octanol–water partition coefficient (Wildman–Crippen LogP) is 5.40. The predicted molar refractivity (Wildman–Crippen MR) is 131 cm³/mol. The van der Waals surface area contributed by atoms with Crippen LogP contribution in [0.3, 0.4) is 0 Å². The molecule has 5 rings (SSSR count). The number of fused-ring (bicyclic) bond motifs is 1. The maximum Gasteiger partial charge on any atom is 0.241 e. The van der Waals surface area contributed by atoms with E-state index in [1.807, 2.05) is 90.4 Å². The van der Waals surface area contributed by atoms with Gasteiger partial charge >= 0.3 is 0 Å². The fourth-order valence-corrected chi connectivity index (χ4v) is 5.21. The van der Waals surface area contributed by atoms with E-state index in [1.54, 1.807) is 30.5 Å². The number of hydrogen-bond donors (Lipinski definition) is 1. The van der Waals surface area contributed by atoms with Crippen molar-refractivity contribution in [1.82, 2.24) is 14.3 Å². The highest BCUT2D eigenvalue weighted by Gasteiger charge is 2.27. The molecule has 2 heterocycles.